The molecule has 0 spiro atoms. The fraction of sp³-hybridized carbons (Fsp3) is 0.600. The maximum Gasteiger partial charge on any atom is 0.378 e. The van der Waals surface area contributed by atoms with E-state index in [-0.39, 0.29) is 5.04 Å². The largest absolute Gasteiger partial charge is 0.497 e. The Morgan fingerprint density at radius 2 is 1.46 bits per heavy atom. The van der Waals surface area contributed by atoms with Gasteiger partial charge in [0.2, 0.25) is 0 Å². The molecule has 146 valence electrons. The summed E-state index contributed by atoms with van der Waals surface area (Å²) in [5.74, 6) is -0.892. The number of esters is 1. The monoisotopic (exact) mass is 380 g/mol. The molecule has 0 saturated heterocycles. The van der Waals surface area contributed by atoms with Crippen LogP contribution in [0.5, 0.6) is 5.75 Å². The second-order valence-electron chi connectivity index (χ2n) is 8.90. The van der Waals surface area contributed by atoms with E-state index in [2.05, 4.69) is 20.8 Å². The minimum Gasteiger partial charge on any atom is -0.497 e. The van der Waals surface area contributed by atoms with E-state index in [1.165, 1.54) is 0 Å². The van der Waals surface area contributed by atoms with Gasteiger partial charge in [-0.1, -0.05) is 32.9 Å². The molecular formula is C20H32O5Si. The van der Waals surface area contributed by atoms with Crippen LogP contribution in [0.3, 0.4) is 0 Å². The Hall–Kier alpha value is -1.66. The van der Waals surface area contributed by atoms with Crippen LogP contribution in [-0.4, -0.2) is 32.8 Å². The average Bonchev–Trinajstić information content (AvgIpc) is 2.49. The molecule has 0 saturated carbocycles. The molecule has 1 aromatic carbocycles. The van der Waals surface area contributed by atoms with Crippen molar-refractivity contribution in [3.63, 3.8) is 0 Å². The van der Waals surface area contributed by atoms with Gasteiger partial charge in [0.05, 0.1) is 7.11 Å². The van der Waals surface area contributed by atoms with Crippen molar-refractivity contribution in [1.29, 1.82) is 0 Å². The molecular weight excluding hydrogens is 348 g/mol. The summed E-state index contributed by atoms with van der Waals surface area (Å²) in [6.45, 7) is 15.5. The Balaban J connectivity index is 3.24. The molecule has 1 atom stereocenters. The summed E-state index contributed by atoms with van der Waals surface area (Å²) in [6, 6.07) is 7.00. The molecule has 1 aromatic rings. The molecule has 0 aliphatic heterocycles. The topological polar surface area (TPSA) is 61.8 Å². The number of carbonyl (C=O) groups is 2. The Morgan fingerprint density at radius 3 is 1.85 bits per heavy atom. The lowest BCUT2D eigenvalue weighted by Crippen LogP contribution is -2.44. The van der Waals surface area contributed by atoms with E-state index in [0.717, 1.165) is 0 Å². The lowest BCUT2D eigenvalue weighted by molar-refractivity contribution is -0.165. The van der Waals surface area contributed by atoms with Crippen molar-refractivity contribution in [3.05, 3.63) is 29.8 Å². The summed E-state index contributed by atoms with van der Waals surface area (Å²) in [7, 11) is -0.726. The first-order chi connectivity index (χ1) is 11.7. The van der Waals surface area contributed by atoms with E-state index >= 15 is 0 Å². The van der Waals surface area contributed by atoms with Crippen LogP contribution in [0.4, 0.5) is 0 Å². The number of ether oxygens (including phenoxy) is 2. The molecule has 1 unspecified atom stereocenters. The molecule has 0 amide bonds. The molecule has 0 radical (unpaired) electrons. The first-order valence-electron chi connectivity index (χ1n) is 8.77. The van der Waals surface area contributed by atoms with Crippen molar-refractivity contribution in [2.45, 2.75) is 71.4 Å². The van der Waals surface area contributed by atoms with Crippen LogP contribution in [0.15, 0.2) is 24.3 Å². The number of Topliss-reactive ketones (excluding diaryl/α,β-unsaturated/α-hetero) is 1. The molecule has 0 fully saturated rings. The van der Waals surface area contributed by atoms with Gasteiger partial charge in [0, 0.05) is 0 Å². The summed E-state index contributed by atoms with van der Waals surface area (Å²) in [4.78, 5) is 25.2. The molecule has 0 aliphatic carbocycles. The van der Waals surface area contributed by atoms with Gasteiger partial charge in [-0.2, -0.15) is 0 Å². The van der Waals surface area contributed by atoms with E-state index in [1.54, 1.807) is 52.1 Å². The van der Waals surface area contributed by atoms with Crippen LogP contribution in [0, 0.1) is 0 Å². The van der Waals surface area contributed by atoms with Crippen LogP contribution in [-0.2, 0) is 18.8 Å². The zero-order valence-electron chi connectivity index (χ0n) is 17.4. The minimum atomic E-state index is -2.30. The smallest absolute Gasteiger partial charge is 0.378 e. The van der Waals surface area contributed by atoms with Crippen LogP contribution in [0.2, 0.25) is 18.1 Å². The van der Waals surface area contributed by atoms with Crippen LogP contribution >= 0.6 is 0 Å². The molecule has 0 aromatic heterocycles. The highest BCUT2D eigenvalue weighted by atomic mass is 28.4. The third-order valence-corrected chi connectivity index (χ3v) is 8.91. The van der Waals surface area contributed by atoms with Gasteiger partial charge in [0.15, 0.2) is 8.32 Å². The quantitative estimate of drug-likeness (QED) is 0.408. The Morgan fingerprint density at radius 1 is 0.962 bits per heavy atom. The Bertz CT molecular complexity index is 636. The van der Waals surface area contributed by atoms with Gasteiger partial charge in [-0.3, -0.25) is 4.79 Å². The number of benzene rings is 1. The Labute approximate surface area is 158 Å². The summed E-state index contributed by atoms with van der Waals surface area (Å²) >= 11 is 0. The predicted molar refractivity (Wildman–Crippen MR) is 105 cm³/mol. The molecule has 0 N–H and O–H groups in total. The predicted octanol–water partition coefficient (Wildman–Crippen LogP) is 4.67. The molecule has 6 heteroatoms. The van der Waals surface area contributed by atoms with Crippen LogP contribution < -0.4 is 4.74 Å². The van der Waals surface area contributed by atoms with E-state index in [9.17, 15) is 9.59 Å². The molecule has 0 aliphatic rings. The van der Waals surface area contributed by atoms with Gasteiger partial charge in [-0.15, -0.1) is 0 Å². The second-order valence-corrected chi connectivity index (χ2v) is 13.7. The molecule has 26 heavy (non-hydrogen) atoms. The zero-order valence-corrected chi connectivity index (χ0v) is 18.4. The first kappa shape index (κ1) is 22.4. The summed E-state index contributed by atoms with van der Waals surface area (Å²) < 4.78 is 16.7. The summed E-state index contributed by atoms with van der Waals surface area (Å²) in [5.41, 5.74) is -0.125. The zero-order chi connectivity index (χ0) is 20.3. The normalized spacial score (nSPS) is 13.9. The molecule has 5 nitrogen and oxygen atoms in total. The van der Waals surface area contributed by atoms with Gasteiger partial charge >= 0.3 is 5.97 Å². The van der Waals surface area contributed by atoms with Gasteiger partial charge in [0.1, 0.15) is 17.5 Å². The number of hydrogen-bond acceptors (Lipinski definition) is 5. The summed E-state index contributed by atoms with van der Waals surface area (Å²) in [6.07, 6.45) is -0.989. The fourth-order valence-corrected chi connectivity index (χ4v) is 3.14. The number of hydrogen-bond donors (Lipinski definition) is 0. The number of carbonyl (C=O) groups excluding carboxylic acids is 2. The highest BCUT2D eigenvalue weighted by molar-refractivity contribution is 6.74. The van der Waals surface area contributed by atoms with Gasteiger partial charge in [-0.25, -0.2) is 4.79 Å². The van der Waals surface area contributed by atoms with Crippen molar-refractivity contribution in [2.24, 2.45) is 0 Å². The van der Waals surface area contributed by atoms with E-state index in [1.807, 2.05) is 13.1 Å². The van der Waals surface area contributed by atoms with E-state index in [0.29, 0.717) is 11.3 Å². The van der Waals surface area contributed by atoms with Gasteiger partial charge in [0.25, 0.3) is 5.78 Å². The average molecular weight is 381 g/mol. The SMILES string of the molecule is COc1ccc(C(O[Si](C)(C)C(C)(C)C)C(=O)C(=O)OC(C)(C)C)cc1. The lowest BCUT2D eigenvalue weighted by Gasteiger charge is -2.38. The lowest BCUT2D eigenvalue weighted by atomic mass is 10.1. The standard InChI is InChI=1S/C20H32O5Si/c1-19(2,3)24-18(22)16(21)17(25-26(8,9)20(4,5)6)14-10-12-15(23-7)13-11-14/h10-13,17H,1-9H3. The van der Waals surface area contributed by atoms with Gasteiger partial charge in [-0.05, 0) is 56.6 Å². The first-order valence-corrected chi connectivity index (χ1v) is 11.7. The van der Waals surface area contributed by atoms with E-state index < -0.39 is 31.8 Å². The van der Waals surface area contributed by atoms with E-state index in [4.69, 9.17) is 13.9 Å². The van der Waals surface area contributed by atoms with Gasteiger partial charge < -0.3 is 13.9 Å². The Kier molecular flexibility index (Phi) is 6.82. The number of rotatable bonds is 6. The molecule has 1 rings (SSSR count). The van der Waals surface area contributed by atoms with Crippen molar-refractivity contribution in [3.8, 4) is 5.75 Å². The molecule has 0 heterocycles. The number of methoxy groups -OCH3 is 1. The van der Waals surface area contributed by atoms with Crippen molar-refractivity contribution in [2.75, 3.05) is 7.11 Å². The van der Waals surface area contributed by atoms with Crippen molar-refractivity contribution >= 4 is 20.1 Å². The maximum absolute atomic E-state index is 12.9. The third kappa shape index (κ3) is 5.95. The van der Waals surface area contributed by atoms with Crippen molar-refractivity contribution < 1.29 is 23.5 Å². The van der Waals surface area contributed by atoms with Crippen molar-refractivity contribution in [1.82, 2.24) is 0 Å². The van der Waals surface area contributed by atoms with Crippen LogP contribution in [0.1, 0.15) is 53.2 Å². The third-order valence-electron chi connectivity index (χ3n) is 4.48. The number of ketones is 1. The fourth-order valence-electron chi connectivity index (χ4n) is 1.96. The molecule has 0 bridgehead atoms. The highest BCUT2D eigenvalue weighted by Crippen LogP contribution is 2.40. The maximum atomic E-state index is 12.9. The minimum absolute atomic E-state index is 0.105. The summed E-state index contributed by atoms with van der Waals surface area (Å²) in [5, 5.41) is -0.105. The van der Waals surface area contributed by atoms with Crippen LogP contribution in [0.25, 0.3) is 0 Å². The highest BCUT2D eigenvalue weighted by Gasteiger charge is 2.43. The second kappa shape index (κ2) is 7.92.